The van der Waals surface area contributed by atoms with Crippen LogP contribution in [-0.4, -0.2) is 33.1 Å². The van der Waals surface area contributed by atoms with E-state index in [1.54, 1.807) is 6.08 Å². The Bertz CT molecular complexity index is 694. The minimum atomic E-state index is -0.697. The van der Waals surface area contributed by atoms with Crippen molar-refractivity contribution in [2.24, 2.45) is 0 Å². The lowest BCUT2D eigenvalue weighted by Gasteiger charge is -2.29. The van der Waals surface area contributed by atoms with Crippen molar-refractivity contribution >= 4 is 5.57 Å². The zero-order chi connectivity index (χ0) is 20.0. The van der Waals surface area contributed by atoms with Gasteiger partial charge in [-0.1, -0.05) is 56.3 Å². The third-order valence-corrected chi connectivity index (χ3v) is 5.25. The van der Waals surface area contributed by atoms with Crippen molar-refractivity contribution in [3.05, 3.63) is 65.8 Å². The van der Waals surface area contributed by atoms with Crippen molar-refractivity contribution in [2.75, 3.05) is 0 Å². The van der Waals surface area contributed by atoms with Gasteiger partial charge in [0.2, 0.25) is 0 Å². The van der Waals surface area contributed by atoms with Crippen molar-refractivity contribution in [2.45, 2.75) is 76.6 Å². The van der Waals surface area contributed by atoms with Gasteiger partial charge in [-0.3, -0.25) is 0 Å². The van der Waals surface area contributed by atoms with Crippen LogP contribution in [-0.2, 0) is 6.42 Å². The molecule has 0 radical (unpaired) electrons. The first-order valence-corrected chi connectivity index (χ1v) is 9.94. The summed E-state index contributed by atoms with van der Waals surface area (Å²) in [5.74, 6) is 0. The molecule has 0 unspecified atom stereocenters. The Labute approximate surface area is 163 Å². The van der Waals surface area contributed by atoms with Crippen molar-refractivity contribution in [3.63, 3.8) is 0 Å². The van der Waals surface area contributed by atoms with Crippen molar-refractivity contribution < 1.29 is 15.3 Å². The summed E-state index contributed by atoms with van der Waals surface area (Å²) in [5.41, 5.74) is 4.27. The quantitative estimate of drug-likeness (QED) is 0.587. The summed E-state index contributed by atoms with van der Waals surface area (Å²) >= 11 is 0. The fraction of sp³-hybridized carbons (Fsp3) is 0.500. The maximum Gasteiger partial charge on any atom is 0.0812 e. The van der Waals surface area contributed by atoms with Crippen LogP contribution >= 0.6 is 0 Å². The van der Waals surface area contributed by atoms with Gasteiger partial charge in [-0.2, -0.15) is 0 Å². The molecular weight excluding hydrogens is 336 g/mol. The van der Waals surface area contributed by atoms with Gasteiger partial charge in [0, 0.05) is 6.42 Å². The number of hydrogen-bond acceptors (Lipinski definition) is 3. The van der Waals surface area contributed by atoms with Crippen LogP contribution in [0.5, 0.6) is 0 Å². The van der Waals surface area contributed by atoms with Crippen molar-refractivity contribution in [1.29, 1.82) is 0 Å². The minimum absolute atomic E-state index is 0.345. The highest BCUT2D eigenvalue weighted by Crippen LogP contribution is 2.35. The molecule has 1 fully saturated rings. The molecule has 1 aromatic carbocycles. The summed E-state index contributed by atoms with van der Waals surface area (Å²) in [6.45, 7) is 11.7. The summed E-state index contributed by atoms with van der Waals surface area (Å²) in [7, 11) is 0. The highest BCUT2D eigenvalue weighted by molar-refractivity contribution is 5.80. The fourth-order valence-electron chi connectivity index (χ4n) is 3.71. The van der Waals surface area contributed by atoms with Gasteiger partial charge in [0.1, 0.15) is 0 Å². The van der Waals surface area contributed by atoms with E-state index >= 15 is 0 Å². The molecule has 3 nitrogen and oxygen atoms in total. The zero-order valence-electron chi connectivity index (χ0n) is 16.7. The number of aryl methyl sites for hydroxylation is 1. The first-order valence-electron chi connectivity index (χ1n) is 9.94. The van der Waals surface area contributed by atoms with E-state index in [-0.39, 0.29) is 0 Å². The predicted molar refractivity (Wildman–Crippen MR) is 112 cm³/mol. The molecule has 2 atom stereocenters. The Balaban J connectivity index is 2.09. The fourth-order valence-corrected chi connectivity index (χ4v) is 3.71. The van der Waals surface area contributed by atoms with Gasteiger partial charge in [0.25, 0.3) is 0 Å². The second-order valence-electron chi connectivity index (χ2n) is 8.30. The molecule has 0 heterocycles. The molecule has 0 aromatic heterocycles. The van der Waals surface area contributed by atoms with Crippen LogP contribution in [0.4, 0.5) is 0 Å². The average Bonchev–Trinajstić information content (AvgIpc) is 2.59. The van der Waals surface area contributed by atoms with E-state index in [1.165, 1.54) is 5.56 Å². The topological polar surface area (TPSA) is 60.7 Å². The molecule has 0 spiro atoms. The van der Waals surface area contributed by atoms with E-state index in [0.29, 0.717) is 18.4 Å². The molecule has 1 aromatic rings. The first kappa shape index (κ1) is 21.6. The summed E-state index contributed by atoms with van der Waals surface area (Å²) in [6, 6.07) is 8.39. The summed E-state index contributed by atoms with van der Waals surface area (Å²) in [6.07, 6.45) is 6.43. The summed E-state index contributed by atoms with van der Waals surface area (Å²) < 4.78 is 0. The van der Waals surface area contributed by atoms with Crippen LogP contribution in [0.3, 0.4) is 0 Å². The summed E-state index contributed by atoms with van der Waals surface area (Å²) in [4.78, 5) is 0. The lowest BCUT2D eigenvalue weighted by Crippen LogP contribution is -2.27. The maximum atomic E-state index is 10.1. The van der Waals surface area contributed by atoms with Crippen molar-refractivity contribution in [3.8, 4) is 0 Å². The Morgan fingerprint density at radius 3 is 2.63 bits per heavy atom. The molecule has 0 bridgehead atoms. The largest absolute Gasteiger partial charge is 0.393 e. The molecule has 148 valence electrons. The number of aliphatic hydroxyl groups excluding tert-OH is 2. The normalized spacial score (nSPS) is 22.6. The lowest BCUT2D eigenvalue weighted by atomic mass is 9.81. The molecule has 0 aliphatic heterocycles. The highest BCUT2D eigenvalue weighted by Gasteiger charge is 2.27. The second-order valence-corrected chi connectivity index (χ2v) is 8.30. The standard InChI is InChI=1S/C24H34O3/c1-5-21(22-15-20(25)16-23(26)17(22)2)19-12-9-11-18(14-19)10-7-6-8-13-24(3,4)27/h5,9,11-12,14,20,23,25-27H,1-2,6-8,10,13,15-16H2,3-4H3/b22-21-/t20-,23+/m1/s1. The maximum absolute atomic E-state index is 10.1. The lowest BCUT2D eigenvalue weighted by molar-refractivity contribution is 0.0680. The molecule has 0 amide bonds. The van der Waals surface area contributed by atoms with Gasteiger partial charge in [0.05, 0.1) is 17.8 Å². The number of aliphatic hydroxyl groups is 3. The molecule has 3 N–H and O–H groups in total. The van der Waals surface area contributed by atoms with Crippen LogP contribution in [0, 0.1) is 0 Å². The minimum Gasteiger partial charge on any atom is -0.393 e. The summed E-state index contributed by atoms with van der Waals surface area (Å²) in [5, 5.41) is 30.0. The van der Waals surface area contributed by atoms with Gasteiger partial charge in [-0.15, -0.1) is 0 Å². The molecule has 3 heteroatoms. The molecule has 1 aliphatic carbocycles. The van der Waals surface area contributed by atoms with Crippen molar-refractivity contribution in [1.82, 2.24) is 0 Å². The third kappa shape index (κ3) is 6.46. The first-order chi connectivity index (χ1) is 12.7. The van der Waals surface area contributed by atoms with Gasteiger partial charge in [0.15, 0.2) is 0 Å². The Hall–Kier alpha value is -1.68. The van der Waals surface area contributed by atoms with Crippen LogP contribution in [0.1, 0.15) is 63.5 Å². The number of unbranched alkanes of at least 4 members (excludes halogenated alkanes) is 2. The Morgan fingerprint density at radius 2 is 1.96 bits per heavy atom. The van der Waals surface area contributed by atoms with E-state index in [9.17, 15) is 15.3 Å². The van der Waals surface area contributed by atoms with Gasteiger partial charge in [-0.25, -0.2) is 0 Å². The van der Waals surface area contributed by atoms with E-state index in [0.717, 1.165) is 48.8 Å². The number of benzene rings is 1. The third-order valence-electron chi connectivity index (χ3n) is 5.25. The number of allylic oxidation sites excluding steroid dienone is 2. The smallest absolute Gasteiger partial charge is 0.0812 e. The monoisotopic (exact) mass is 370 g/mol. The molecule has 0 saturated heterocycles. The molecular formula is C24H34O3. The number of rotatable bonds is 8. The molecule has 1 saturated carbocycles. The zero-order valence-corrected chi connectivity index (χ0v) is 16.7. The molecule has 27 heavy (non-hydrogen) atoms. The van der Waals surface area contributed by atoms with Crippen LogP contribution in [0.15, 0.2) is 54.6 Å². The highest BCUT2D eigenvalue weighted by atomic mass is 16.3. The van der Waals surface area contributed by atoms with Crippen LogP contribution in [0.25, 0.3) is 5.57 Å². The predicted octanol–water partition coefficient (Wildman–Crippen LogP) is 4.57. The molecule has 1 aliphatic rings. The van der Waals surface area contributed by atoms with Gasteiger partial charge >= 0.3 is 0 Å². The average molecular weight is 371 g/mol. The van der Waals surface area contributed by atoms with E-state index in [1.807, 2.05) is 26.0 Å². The van der Waals surface area contributed by atoms with Crippen LogP contribution < -0.4 is 0 Å². The SMILES string of the molecule is C=C/C(=C1\C[C@@H](O)C[C@H](O)C1=C)c1cccc(CCCCCC(C)(C)O)c1. The van der Waals surface area contributed by atoms with E-state index in [4.69, 9.17) is 0 Å². The molecule has 2 rings (SSSR count). The second kappa shape index (κ2) is 9.50. The van der Waals surface area contributed by atoms with Crippen LogP contribution in [0.2, 0.25) is 0 Å². The Morgan fingerprint density at radius 1 is 1.22 bits per heavy atom. The van der Waals surface area contributed by atoms with E-state index < -0.39 is 17.8 Å². The van der Waals surface area contributed by atoms with Gasteiger partial charge < -0.3 is 15.3 Å². The van der Waals surface area contributed by atoms with E-state index in [2.05, 4.69) is 25.3 Å². The van der Waals surface area contributed by atoms with Gasteiger partial charge in [-0.05, 0) is 67.4 Å². The number of hydrogen-bond donors (Lipinski definition) is 3. The Kier molecular flexibility index (Phi) is 7.60.